The molecule has 10 nitrogen and oxygen atoms in total. The molecular weight excluding hydrogens is 737 g/mol. The monoisotopic (exact) mass is 817 g/mol. The zero-order valence-corrected chi connectivity index (χ0v) is 38.7. The van der Waals surface area contributed by atoms with Crippen LogP contribution in [0.5, 0.6) is 5.88 Å². The molecule has 0 aliphatic carbocycles. The first-order valence-corrected chi connectivity index (χ1v) is 23.4. The van der Waals surface area contributed by atoms with Gasteiger partial charge in [0.05, 0.1) is 11.3 Å². The van der Waals surface area contributed by atoms with Gasteiger partial charge in [-0.1, -0.05) is 132 Å². The zero-order valence-electron chi connectivity index (χ0n) is 38.7. The van der Waals surface area contributed by atoms with E-state index in [1.165, 1.54) is 0 Å². The summed E-state index contributed by atoms with van der Waals surface area (Å²) < 4.78 is 1.10. The van der Waals surface area contributed by atoms with Gasteiger partial charge < -0.3 is 14.9 Å². The minimum atomic E-state index is -0.586. The summed E-state index contributed by atoms with van der Waals surface area (Å²) in [4.78, 5) is 47.4. The molecule has 0 spiro atoms. The van der Waals surface area contributed by atoms with Crippen LogP contribution < -0.4 is 5.56 Å². The van der Waals surface area contributed by atoms with E-state index in [2.05, 4.69) is 65.6 Å². The van der Waals surface area contributed by atoms with Crippen molar-refractivity contribution in [3.8, 4) is 11.9 Å². The van der Waals surface area contributed by atoms with E-state index < -0.39 is 11.4 Å². The van der Waals surface area contributed by atoms with E-state index in [4.69, 9.17) is 0 Å². The van der Waals surface area contributed by atoms with Crippen LogP contribution in [0.2, 0.25) is 0 Å². The number of aromatic nitrogens is 1. The smallest absolute Gasteiger partial charge is 0.281 e. The molecule has 4 atom stereocenters. The lowest BCUT2D eigenvalue weighted by atomic mass is 9.94. The van der Waals surface area contributed by atoms with Crippen LogP contribution in [0.15, 0.2) is 33.2 Å². The molecule has 0 radical (unpaired) electrons. The van der Waals surface area contributed by atoms with Gasteiger partial charge in [-0.25, -0.2) is 0 Å². The summed E-state index contributed by atoms with van der Waals surface area (Å²) in [6.45, 7) is 23.6. The maximum Gasteiger partial charge on any atom is 0.281 e. The Labute approximate surface area is 357 Å². The quantitative estimate of drug-likeness (QED) is 0.0817. The Balaban J connectivity index is 2.89. The Morgan fingerprint density at radius 3 is 1.49 bits per heavy atom. The van der Waals surface area contributed by atoms with Gasteiger partial charge in [0.15, 0.2) is 5.69 Å². The van der Waals surface area contributed by atoms with Crippen molar-refractivity contribution < 1.29 is 14.7 Å². The van der Waals surface area contributed by atoms with Crippen molar-refractivity contribution in [1.82, 2.24) is 14.4 Å². The van der Waals surface area contributed by atoms with Gasteiger partial charge in [0, 0.05) is 43.9 Å². The normalized spacial score (nSPS) is 13.6. The van der Waals surface area contributed by atoms with Crippen LogP contribution >= 0.6 is 0 Å². The fraction of sp³-hybridized carbons (Fsp3) is 0.714. The second kappa shape index (κ2) is 27.7. The van der Waals surface area contributed by atoms with Gasteiger partial charge in [-0.15, -0.1) is 10.2 Å². The maximum absolute atomic E-state index is 15.0. The van der Waals surface area contributed by atoms with Gasteiger partial charge in [-0.2, -0.15) is 5.26 Å². The molecule has 0 fully saturated rings. The molecule has 10 heteroatoms. The van der Waals surface area contributed by atoms with Crippen molar-refractivity contribution in [3.63, 3.8) is 0 Å². The highest BCUT2D eigenvalue weighted by Crippen LogP contribution is 2.31. The van der Waals surface area contributed by atoms with Crippen LogP contribution in [0.25, 0.3) is 0 Å². The minimum Gasteiger partial charge on any atom is -0.493 e. The molecule has 1 aromatic carbocycles. The van der Waals surface area contributed by atoms with E-state index >= 15 is 0 Å². The van der Waals surface area contributed by atoms with E-state index in [-0.39, 0.29) is 40.9 Å². The fourth-order valence-electron chi connectivity index (χ4n) is 8.13. The van der Waals surface area contributed by atoms with E-state index in [1.54, 1.807) is 32.0 Å². The Bertz CT molecular complexity index is 1680. The van der Waals surface area contributed by atoms with Crippen LogP contribution in [0.1, 0.15) is 197 Å². The van der Waals surface area contributed by atoms with Gasteiger partial charge in [0.25, 0.3) is 17.4 Å². The van der Waals surface area contributed by atoms with Crippen LogP contribution in [0.3, 0.4) is 0 Å². The first-order chi connectivity index (χ1) is 28.4. The molecular formula is C49H80N6O4. The third-order valence-electron chi connectivity index (χ3n) is 12.5. The molecule has 0 bridgehead atoms. The first kappa shape index (κ1) is 51.1. The standard InChI is InChI=1S/C49H80N6O4/c1-11-20-24-37(15-5)32-53(33-38(16-6)25-21-12-2)46(56)41-28-29-42(44(30-41)51-52-45-36(10)43(31-50)48(58)55(19-9)49(45)59)47(57)54(34-39(17-7)26-22-13-3)35-40(18-8)27-23-14-4/h28-30,37-40,58H,11-27,32-35H2,1-10H3. The number of amides is 2. The average Bonchev–Trinajstić information content (AvgIpc) is 3.24. The third kappa shape index (κ3) is 15.2. The summed E-state index contributed by atoms with van der Waals surface area (Å²) in [6.07, 6.45) is 16.9. The summed E-state index contributed by atoms with van der Waals surface area (Å²) in [5, 5.41) is 29.7. The fourth-order valence-corrected chi connectivity index (χ4v) is 8.13. The average molecular weight is 817 g/mol. The number of hydrogen-bond donors (Lipinski definition) is 1. The molecule has 4 unspecified atom stereocenters. The van der Waals surface area contributed by atoms with E-state index in [0.29, 0.717) is 61.0 Å². The van der Waals surface area contributed by atoms with Gasteiger partial charge in [0.1, 0.15) is 11.6 Å². The molecule has 2 amide bonds. The topological polar surface area (TPSA) is 131 Å². The number of nitrogens with zero attached hydrogens (tertiary/aromatic N) is 6. The Hall–Kier alpha value is -4.00. The van der Waals surface area contributed by atoms with Gasteiger partial charge in [0.2, 0.25) is 5.88 Å². The molecule has 0 aliphatic rings. The summed E-state index contributed by atoms with van der Waals surface area (Å²) in [6, 6.07) is 7.18. The van der Waals surface area contributed by atoms with Crippen molar-refractivity contribution in [3.05, 3.63) is 50.8 Å². The van der Waals surface area contributed by atoms with Crippen molar-refractivity contribution in [2.24, 2.45) is 33.9 Å². The van der Waals surface area contributed by atoms with Gasteiger partial charge in [-0.3, -0.25) is 19.0 Å². The Kier molecular flexibility index (Phi) is 24.0. The second-order valence-electron chi connectivity index (χ2n) is 16.9. The number of carbonyl (C=O) groups excluding carboxylic acids is 2. The van der Waals surface area contributed by atoms with Crippen molar-refractivity contribution >= 4 is 23.2 Å². The zero-order chi connectivity index (χ0) is 43.9. The number of nitriles is 1. The number of unbranched alkanes of at least 4 members (excludes halogenated alkanes) is 4. The molecule has 0 aliphatic heterocycles. The molecule has 0 saturated carbocycles. The first-order valence-electron chi connectivity index (χ1n) is 23.4. The molecule has 0 saturated heterocycles. The minimum absolute atomic E-state index is 0.0556. The number of benzene rings is 1. The van der Waals surface area contributed by atoms with Crippen LogP contribution in [-0.2, 0) is 6.54 Å². The summed E-state index contributed by atoms with van der Waals surface area (Å²) in [5.74, 6) is 0.770. The van der Waals surface area contributed by atoms with Crippen molar-refractivity contribution in [2.75, 3.05) is 26.2 Å². The van der Waals surface area contributed by atoms with E-state index in [0.717, 1.165) is 107 Å². The molecule has 59 heavy (non-hydrogen) atoms. The van der Waals surface area contributed by atoms with Crippen molar-refractivity contribution in [1.29, 1.82) is 5.26 Å². The van der Waals surface area contributed by atoms with Gasteiger partial charge >= 0.3 is 0 Å². The number of hydrogen-bond acceptors (Lipinski definition) is 7. The predicted octanol–water partition coefficient (Wildman–Crippen LogP) is 12.9. The summed E-state index contributed by atoms with van der Waals surface area (Å²) >= 11 is 0. The second-order valence-corrected chi connectivity index (χ2v) is 16.9. The SMILES string of the molecule is CCCCC(CC)CN(CC(CC)CCCC)C(=O)c1ccc(C(=O)N(CC(CC)CCCC)CC(CC)CCCC)c(N=Nc2c(C)c(C#N)c(O)n(CC)c2=O)c1. The lowest BCUT2D eigenvalue weighted by molar-refractivity contribution is 0.0674. The predicted molar refractivity (Wildman–Crippen MR) is 243 cm³/mol. The highest BCUT2D eigenvalue weighted by Gasteiger charge is 2.28. The molecule has 1 N–H and O–H groups in total. The third-order valence-corrected chi connectivity index (χ3v) is 12.5. The highest BCUT2D eigenvalue weighted by atomic mass is 16.3. The number of pyridine rings is 1. The molecule has 2 rings (SSSR count). The van der Waals surface area contributed by atoms with Crippen LogP contribution in [0, 0.1) is 41.9 Å². The largest absolute Gasteiger partial charge is 0.493 e. The maximum atomic E-state index is 15.0. The number of rotatable bonds is 29. The highest BCUT2D eigenvalue weighted by molar-refractivity contribution is 6.02. The lowest BCUT2D eigenvalue weighted by Crippen LogP contribution is -2.39. The molecule has 2 aromatic rings. The molecule has 1 aromatic heterocycles. The summed E-state index contributed by atoms with van der Waals surface area (Å²) in [7, 11) is 0. The summed E-state index contributed by atoms with van der Waals surface area (Å²) in [5.41, 5.74) is 0.427. The van der Waals surface area contributed by atoms with E-state index in [9.17, 15) is 24.8 Å². The van der Waals surface area contributed by atoms with Crippen LogP contribution in [0.4, 0.5) is 11.4 Å². The number of carbonyl (C=O) groups is 2. The number of aromatic hydroxyl groups is 1. The molecule has 330 valence electrons. The Morgan fingerprint density at radius 1 is 0.695 bits per heavy atom. The Morgan fingerprint density at radius 2 is 1.12 bits per heavy atom. The number of azo groups is 1. The molecule has 1 heterocycles. The van der Waals surface area contributed by atoms with E-state index in [1.807, 2.05) is 15.9 Å². The van der Waals surface area contributed by atoms with Crippen molar-refractivity contribution in [2.45, 2.75) is 179 Å². The van der Waals surface area contributed by atoms with Gasteiger partial charge in [-0.05, 0) is 81.4 Å². The van der Waals surface area contributed by atoms with Crippen LogP contribution in [-0.4, -0.2) is 57.5 Å². The lowest BCUT2D eigenvalue weighted by Gasteiger charge is -2.32.